The molecule has 0 radical (unpaired) electrons. The zero-order valence-corrected chi connectivity index (χ0v) is 15.3. The highest BCUT2D eigenvalue weighted by molar-refractivity contribution is 8.02. The molecule has 0 aromatic heterocycles. The van der Waals surface area contributed by atoms with Gasteiger partial charge in [-0.05, 0) is 30.3 Å². The zero-order valence-electron chi connectivity index (χ0n) is 14.5. The lowest BCUT2D eigenvalue weighted by atomic mass is 9.72. The summed E-state index contributed by atoms with van der Waals surface area (Å²) in [6.07, 6.45) is 17.4. The van der Waals surface area contributed by atoms with Crippen LogP contribution >= 0.6 is 11.8 Å². The number of allylic oxidation sites excluding steroid dienone is 7. The molecule has 0 bridgehead atoms. The van der Waals surface area contributed by atoms with Gasteiger partial charge in [-0.25, -0.2) is 0 Å². The molecular formula is C20H30S. The molecule has 2 aliphatic carbocycles. The molecule has 1 atom stereocenters. The van der Waals surface area contributed by atoms with E-state index < -0.39 is 0 Å². The van der Waals surface area contributed by atoms with Gasteiger partial charge in [0.2, 0.25) is 0 Å². The Morgan fingerprint density at radius 3 is 2.33 bits per heavy atom. The van der Waals surface area contributed by atoms with Gasteiger partial charge >= 0.3 is 0 Å². The lowest BCUT2D eigenvalue weighted by Crippen LogP contribution is -2.38. The van der Waals surface area contributed by atoms with Gasteiger partial charge in [0, 0.05) is 9.49 Å². The van der Waals surface area contributed by atoms with Crippen molar-refractivity contribution in [3.63, 3.8) is 0 Å². The molecule has 0 aromatic carbocycles. The lowest BCUT2D eigenvalue weighted by molar-refractivity contribution is 0.436. The highest BCUT2D eigenvalue weighted by atomic mass is 32.2. The Hall–Kier alpha value is -0.690. The van der Waals surface area contributed by atoms with Gasteiger partial charge in [-0.1, -0.05) is 83.6 Å². The molecule has 116 valence electrons. The largest absolute Gasteiger partial charge is 0.144 e. The first-order valence-corrected chi connectivity index (χ1v) is 8.88. The first kappa shape index (κ1) is 16.7. The van der Waals surface area contributed by atoms with Gasteiger partial charge < -0.3 is 0 Å². The van der Waals surface area contributed by atoms with Gasteiger partial charge in [0.15, 0.2) is 0 Å². The molecule has 0 fully saturated rings. The fourth-order valence-corrected chi connectivity index (χ4v) is 5.55. The van der Waals surface area contributed by atoms with Crippen LogP contribution in [0.2, 0.25) is 0 Å². The van der Waals surface area contributed by atoms with Crippen molar-refractivity contribution in [1.29, 1.82) is 0 Å². The number of rotatable bonds is 3. The topological polar surface area (TPSA) is 0 Å². The Morgan fingerprint density at radius 2 is 1.81 bits per heavy atom. The Kier molecular flexibility index (Phi) is 4.63. The van der Waals surface area contributed by atoms with Crippen LogP contribution in [0.15, 0.2) is 47.6 Å². The SMILES string of the molecule is CC(C)(C)SC1(CC2=CCC=C2)CC=CC=C1C(C)(C)C. The van der Waals surface area contributed by atoms with E-state index in [2.05, 4.69) is 89.8 Å². The maximum Gasteiger partial charge on any atom is 0.0456 e. The van der Waals surface area contributed by atoms with Crippen molar-refractivity contribution in [2.24, 2.45) is 5.41 Å². The van der Waals surface area contributed by atoms with Crippen LogP contribution in [0.3, 0.4) is 0 Å². The first-order valence-electron chi connectivity index (χ1n) is 8.06. The maximum absolute atomic E-state index is 2.39. The molecule has 0 saturated carbocycles. The predicted molar refractivity (Wildman–Crippen MR) is 97.8 cm³/mol. The van der Waals surface area contributed by atoms with E-state index in [1.807, 2.05) is 0 Å². The number of hydrogen-bond donors (Lipinski definition) is 0. The Morgan fingerprint density at radius 1 is 1.10 bits per heavy atom. The third kappa shape index (κ3) is 4.16. The van der Waals surface area contributed by atoms with E-state index in [1.54, 1.807) is 5.57 Å². The van der Waals surface area contributed by atoms with Crippen molar-refractivity contribution in [1.82, 2.24) is 0 Å². The van der Waals surface area contributed by atoms with Crippen LogP contribution in [0.4, 0.5) is 0 Å². The maximum atomic E-state index is 2.39. The van der Waals surface area contributed by atoms with Crippen LogP contribution in [0.5, 0.6) is 0 Å². The fraction of sp³-hybridized carbons (Fsp3) is 0.600. The monoisotopic (exact) mass is 302 g/mol. The number of thioether (sulfide) groups is 1. The third-order valence-corrected chi connectivity index (χ3v) is 5.52. The van der Waals surface area contributed by atoms with Gasteiger partial charge in [0.1, 0.15) is 0 Å². The van der Waals surface area contributed by atoms with E-state index in [4.69, 9.17) is 0 Å². The molecule has 21 heavy (non-hydrogen) atoms. The first-order chi connectivity index (χ1) is 9.62. The van der Waals surface area contributed by atoms with E-state index in [0.29, 0.717) is 0 Å². The molecule has 1 unspecified atom stereocenters. The van der Waals surface area contributed by atoms with Crippen molar-refractivity contribution >= 4 is 11.8 Å². The molecular weight excluding hydrogens is 272 g/mol. The van der Waals surface area contributed by atoms with E-state index in [0.717, 1.165) is 19.3 Å². The molecule has 0 nitrogen and oxygen atoms in total. The zero-order chi connectivity index (χ0) is 15.7. The number of hydrogen-bond acceptors (Lipinski definition) is 1. The Bertz CT molecular complexity index is 503. The van der Waals surface area contributed by atoms with Gasteiger partial charge in [-0.3, -0.25) is 0 Å². The smallest absolute Gasteiger partial charge is 0.0456 e. The minimum atomic E-state index is 0.200. The summed E-state index contributed by atoms with van der Waals surface area (Å²) in [5, 5.41) is 0. The van der Waals surface area contributed by atoms with E-state index in [9.17, 15) is 0 Å². The average molecular weight is 303 g/mol. The van der Waals surface area contributed by atoms with Crippen LogP contribution in [-0.4, -0.2) is 9.49 Å². The second-order valence-corrected chi connectivity index (χ2v) is 10.5. The predicted octanol–water partition coefficient (Wildman–Crippen LogP) is 6.47. The quantitative estimate of drug-likeness (QED) is 0.576. The highest BCUT2D eigenvalue weighted by Crippen LogP contribution is 2.54. The summed E-state index contributed by atoms with van der Waals surface area (Å²) < 4.78 is 0.462. The van der Waals surface area contributed by atoms with E-state index >= 15 is 0 Å². The molecule has 0 N–H and O–H groups in total. The second kappa shape index (κ2) is 5.83. The van der Waals surface area contributed by atoms with Crippen LogP contribution in [-0.2, 0) is 0 Å². The molecule has 0 saturated heterocycles. The van der Waals surface area contributed by atoms with Crippen molar-refractivity contribution in [2.75, 3.05) is 0 Å². The van der Waals surface area contributed by atoms with Gasteiger partial charge in [-0.2, -0.15) is 0 Å². The minimum Gasteiger partial charge on any atom is -0.144 e. The lowest BCUT2D eigenvalue weighted by Gasteiger charge is -2.46. The Labute approximate surface area is 135 Å². The van der Waals surface area contributed by atoms with Crippen molar-refractivity contribution in [3.05, 3.63) is 47.6 Å². The molecule has 0 aliphatic heterocycles. The molecule has 2 rings (SSSR count). The van der Waals surface area contributed by atoms with Crippen LogP contribution < -0.4 is 0 Å². The normalized spacial score (nSPS) is 26.0. The van der Waals surface area contributed by atoms with Gasteiger partial charge in [0.25, 0.3) is 0 Å². The van der Waals surface area contributed by atoms with Gasteiger partial charge in [0.05, 0.1) is 0 Å². The summed E-state index contributed by atoms with van der Waals surface area (Å²) in [6, 6.07) is 0. The Balaban J connectivity index is 2.41. The van der Waals surface area contributed by atoms with Crippen molar-refractivity contribution in [3.8, 4) is 0 Å². The highest BCUT2D eigenvalue weighted by Gasteiger charge is 2.43. The van der Waals surface area contributed by atoms with Crippen LogP contribution in [0.25, 0.3) is 0 Å². The van der Waals surface area contributed by atoms with E-state index in [1.165, 1.54) is 5.57 Å². The van der Waals surface area contributed by atoms with Crippen LogP contribution in [0.1, 0.15) is 60.8 Å². The van der Waals surface area contributed by atoms with Crippen molar-refractivity contribution in [2.45, 2.75) is 70.3 Å². The summed E-state index contributed by atoms with van der Waals surface area (Å²) in [6.45, 7) is 14.1. The standard InChI is InChI=1S/C20H30S/c1-18(2,3)17-13-9-10-14-20(17,21-19(4,5)6)15-16-11-7-8-12-16/h7,9-13H,8,14-15H2,1-6H3. The molecule has 2 aliphatic rings. The molecule has 0 aromatic rings. The molecule has 0 spiro atoms. The fourth-order valence-electron chi connectivity index (χ4n) is 3.47. The summed E-state index contributed by atoms with van der Waals surface area (Å²) in [7, 11) is 0. The minimum absolute atomic E-state index is 0.200. The van der Waals surface area contributed by atoms with Crippen molar-refractivity contribution < 1.29 is 0 Å². The van der Waals surface area contributed by atoms with Crippen LogP contribution in [0, 0.1) is 5.41 Å². The average Bonchev–Trinajstić information content (AvgIpc) is 2.78. The third-order valence-electron chi connectivity index (χ3n) is 3.98. The van der Waals surface area contributed by atoms with Gasteiger partial charge in [-0.15, -0.1) is 11.8 Å². The summed E-state index contributed by atoms with van der Waals surface area (Å²) in [5.41, 5.74) is 3.32. The summed E-state index contributed by atoms with van der Waals surface area (Å²) in [4.78, 5) is 0. The second-order valence-electron chi connectivity index (χ2n) is 8.27. The molecule has 1 heteroatoms. The molecule has 0 heterocycles. The summed E-state index contributed by atoms with van der Waals surface area (Å²) in [5.74, 6) is 0. The summed E-state index contributed by atoms with van der Waals surface area (Å²) >= 11 is 2.15. The van der Waals surface area contributed by atoms with E-state index in [-0.39, 0.29) is 14.9 Å². The molecule has 0 amide bonds.